The third-order valence-corrected chi connectivity index (χ3v) is 3.09. The van der Waals surface area contributed by atoms with Crippen LogP contribution in [0.15, 0.2) is 42.5 Å². The summed E-state index contributed by atoms with van der Waals surface area (Å²) in [5.74, 6) is 0.342. The second-order valence-corrected chi connectivity index (χ2v) is 5.77. The van der Waals surface area contributed by atoms with Crippen LogP contribution in [-0.2, 0) is 12.0 Å². The van der Waals surface area contributed by atoms with Gasteiger partial charge in [0, 0.05) is 5.56 Å². The maximum Gasteiger partial charge on any atom is 0.166 e. The fourth-order valence-corrected chi connectivity index (χ4v) is 2.02. The summed E-state index contributed by atoms with van der Waals surface area (Å²) in [6, 6.07) is 12.1. The van der Waals surface area contributed by atoms with Crippen molar-refractivity contribution in [2.75, 3.05) is 0 Å². The highest BCUT2D eigenvalue weighted by atomic mass is 19.1. The second kappa shape index (κ2) is 5.63. The van der Waals surface area contributed by atoms with Crippen molar-refractivity contribution in [1.82, 2.24) is 0 Å². The predicted octanol–water partition coefficient (Wildman–Crippen LogP) is 4.41. The van der Waals surface area contributed by atoms with Crippen molar-refractivity contribution in [3.8, 4) is 11.5 Å². The Morgan fingerprint density at radius 2 is 1.75 bits per heavy atom. The molecule has 20 heavy (non-hydrogen) atoms. The van der Waals surface area contributed by atoms with Crippen LogP contribution in [0.5, 0.6) is 11.5 Å². The van der Waals surface area contributed by atoms with E-state index in [1.807, 2.05) is 24.3 Å². The summed E-state index contributed by atoms with van der Waals surface area (Å²) in [5, 5.41) is 8.99. The largest absolute Gasteiger partial charge is 0.454 e. The molecule has 1 N–H and O–H groups in total. The average molecular weight is 274 g/mol. The molecule has 0 fully saturated rings. The third-order valence-electron chi connectivity index (χ3n) is 3.09. The Kier molecular flexibility index (Phi) is 4.09. The number of halogens is 1. The Morgan fingerprint density at radius 1 is 1.05 bits per heavy atom. The molecule has 0 unspecified atom stereocenters. The Morgan fingerprint density at radius 3 is 2.35 bits per heavy atom. The van der Waals surface area contributed by atoms with Gasteiger partial charge < -0.3 is 9.84 Å². The van der Waals surface area contributed by atoms with Gasteiger partial charge in [-0.3, -0.25) is 0 Å². The van der Waals surface area contributed by atoms with E-state index in [0.717, 1.165) is 5.56 Å². The van der Waals surface area contributed by atoms with Crippen molar-refractivity contribution in [2.24, 2.45) is 0 Å². The van der Waals surface area contributed by atoms with E-state index in [4.69, 9.17) is 9.84 Å². The zero-order valence-electron chi connectivity index (χ0n) is 12.0. The standard InChI is InChI=1S/C17H19FO2/c1-17(2,3)13-6-4-5-7-15(13)20-16-9-8-12(11-19)10-14(16)18/h4-10,19H,11H2,1-3H3. The van der Waals surface area contributed by atoms with Crippen LogP contribution in [-0.4, -0.2) is 5.11 Å². The van der Waals surface area contributed by atoms with Gasteiger partial charge >= 0.3 is 0 Å². The van der Waals surface area contributed by atoms with E-state index in [9.17, 15) is 4.39 Å². The fourth-order valence-electron chi connectivity index (χ4n) is 2.02. The van der Waals surface area contributed by atoms with Gasteiger partial charge in [-0.2, -0.15) is 0 Å². The zero-order valence-corrected chi connectivity index (χ0v) is 12.0. The SMILES string of the molecule is CC(C)(C)c1ccccc1Oc1ccc(CO)cc1F. The lowest BCUT2D eigenvalue weighted by molar-refractivity contribution is 0.281. The monoisotopic (exact) mass is 274 g/mol. The van der Waals surface area contributed by atoms with Gasteiger partial charge in [-0.1, -0.05) is 45.0 Å². The lowest BCUT2D eigenvalue weighted by Gasteiger charge is -2.22. The van der Waals surface area contributed by atoms with Crippen molar-refractivity contribution in [2.45, 2.75) is 32.8 Å². The Hall–Kier alpha value is -1.87. The highest BCUT2D eigenvalue weighted by Gasteiger charge is 2.19. The molecule has 0 aliphatic rings. The number of hydrogen-bond donors (Lipinski definition) is 1. The normalized spacial score (nSPS) is 11.4. The summed E-state index contributed by atoms with van der Waals surface area (Å²) < 4.78 is 19.6. The molecule has 0 saturated carbocycles. The Labute approximate surface area is 118 Å². The summed E-state index contributed by atoms with van der Waals surface area (Å²) >= 11 is 0. The van der Waals surface area contributed by atoms with Crippen LogP contribution in [0.4, 0.5) is 4.39 Å². The zero-order chi connectivity index (χ0) is 14.8. The van der Waals surface area contributed by atoms with Crippen LogP contribution in [0.25, 0.3) is 0 Å². The first-order valence-corrected chi connectivity index (χ1v) is 6.58. The maximum absolute atomic E-state index is 13.9. The molecule has 0 saturated heterocycles. The molecule has 2 aromatic carbocycles. The minimum atomic E-state index is -0.472. The minimum absolute atomic E-state index is 0.0852. The second-order valence-electron chi connectivity index (χ2n) is 5.77. The smallest absolute Gasteiger partial charge is 0.166 e. The van der Waals surface area contributed by atoms with Crippen LogP contribution in [0.2, 0.25) is 0 Å². The molecule has 2 aromatic rings. The number of benzene rings is 2. The van der Waals surface area contributed by atoms with Gasteiger partial charge in [0.1, 0.15) is 5.75 Å². The van der Waals surface area contributed by atoms with Gasteiger partial charge in [0.25, 0.3) is 0 Å². The predicted molar refractivity (Wildman–Crippen MR) is 77.5 cm³/mol. The van der Waals surface area contributed by atoms with E-state index in [1.54, 1.807) is 12.1 Å². The van der Waals surface area contributed by atoms with Crippen molar-refractivity contribution in [3.05, 3.63) is 59.4 Å². The molecule has 0 atom stereocenters. The number of hydrogen-bond acceptors (Lipinski definition) is 2. The first kappa shape index (κ1) is 14.5. The lowest BCUT2D eigenvalue weighted by atomic mass is 9.86. The molecular formula is C17H19FO2. The van der Waals surface area contributed by atoms with Gasteiger partial charge in [0.05, 0.1) is 6.61 Å². The summed E-state index contributed by atoms with van der Waals surface area (Å²) in [7, 11) is 0. The number of ether oxygens (including phenoxy) is 1. The van der Waals surface area contributed by atoms with Gasteiger partial charge in [-0.05, 0) is 29.2 Å². The Balaban J connectivity index is 2.36. The molecule has 0 aliphatic heterocycles. The topological polar surface area (TPSA) is 29.5 Å². The van der Waals surface area contributed by atoms with Crippen molar-refractivity contribution in [1.29, 1.82) is 0 Å². The van der Waals surface area contributed by atoms with E-state index >= 15 is 0 Å². The molecule has 0 aliphatic carbocycles. The van der Waals surface area contributed by atoms with Crippen LogP contribution in [0, 0.1) is 5.82 Å². The first-order valence-electron chi connectivity index (χ1n) is 6.58. The number of para-hydroxylation sites is 1. The minimum Gasteiger partial charge on any atom is -0.454 e. The van der Waals surface area contributed by atoms with Gasteiger partial charge in [-0.15, -0.1) is 0 Å². The van der Waals surface area contributed by atoms with Crippen molar-refractivity contribution >= 4 is 0 Å². The summed E-state index contributed by atoms with van der Waals surface area (Å²) in [4.78, 5) is 0. The van der Waals surface area contributed by atoms with Gasteiger partial charge in [0.15, 0.2) is 11.6 Å². The molecule has 0 bridgehead atoms. The summed E-state index contributed by atoms with van der Waals surface area (Å²) in [6.45, 7) is 6.07. The van der Waals surface area contributed by atoms with Crippen LogP contribution < -0.4 is 4.74 Å². The van der Waals surface area contributed by atoms with Crippen molar-refractivity contribution < 1.29 is 14.2 Å². The van der Waals surface area contributed by atoms with Gasteiger partial charge in [-0.25, -0.2) is 4.39 Å². The summed E-state index contributed by atoms with van der Waals surface area (Å²) in [5.41, 5.74) is 1.46. The van der Waals surface area contributed by atoms with Crippen molar-refractivity contribution in [3.63, 3.8) is 0 Å². The highest BCUT2D eigenvalue weighted by Crippen LogP contribution is 2.34. The van der Waals surface area contributed by atoms with Crippen LogP contribution in [0.1, 0.15) is 31.9 Å². The molecule has 3 heteroatoms. The molecule has 0 heterocycles. The molecule has 106 valence electrons. The molecule has 2 nitrogen and oxygen atoms in total. The fraction of sp³-hybridized carbons (Fsp3) is 0.294. The quantitative estimate of drug-likeness (QED) is 0.898. The Bertz CT molecular complexity index is 600. The molecule has 0 amide bonds. The molecule has 0 spiro atoms. The summed E-state index contributed by atoms with van der Waals surface area (Å²) in [6.07, 6.45) is 0. The maximum atomic E-state index is 13.9. The van der Waals surface area contributed by atoms with E-state index in [0.29, 0.717) is 11.3 Å². The van der Waals surface area contributed by atoms with E-state index in [2.05, 4.69) is 20.8 Å². The first-order chi connectivity index (χ1) is 9.41. The number of aliphatic hydroxyl groups excluding tert-OH is 1. The van der Waals surface area contributed by atoms with E-state index in [1.165, 1.54) is 6.07 Å². The van der Waals surface area contributed by atoms with Crippen LogP contribution >= 0.6 is 0 Å². The van der Waals surface area contributed by atoms with Gasteiger partial charge in [0.2, 0.25) is 0 Å². The van der Waals surface area contributed by atoms with E-state index in [-0.39, 0.29) is 17.8 Å². The average Bonchev–Trinajstić information content (AvgIpc) is 2.40. The third kappa shape index (κ3) is 3.17. The lowest BCUT2D eigenvalue weighted by Crippen LogP contribution is -2.12. The number of rotatable bonds is 3. The molecule has 2 rings (SSSR count). The molecule has 0 radical (unpaired) electrons. The molecular weight excluding hydrogens is 255 g/mol. The van der Waals surface area contributed by atoms with Crippen LogP contribution in [0.3, 0.4) is 0 Å². The molecule has 0 aromatic heterocycles. The van der Waals surface area contributed by atoms with E-state index < -0.39 is 5.82 Å². The number of aliphatic hydroxyl groups is 1. The highest BCUT2D eigenvalue weighted by molar-refractivity contribution is 5.42.